The molecule has 2 atom stereocenters. The normalized spacial score (nSPS) is 16.8. The van der Waals surface area contributed by atoms with Crippen LogP contribution in [0.4, 0.5) is 14.5 Å². The van der Waals surface area contributed by atoms with Crippen molar-refractivity contribution in [2.75, 3.05) is 5.32 Å². The fourth-order valence-corrected chi connectivity index (χ4v) is 5.77. The van der Waals surface area contributed by atoms with Crippen LogP contribution in [-0.2, 0) is 4.79 Å². The zero-order valence-corrected chi connectivity index (χ0v) is 25.0. The number of nitriles is 1. The fourth-order valence-electron chi connectivity index (χ4n) is 5.47. The summed E-state index contributed by atoms with van der Waals surface area (Å²) in [4.78, 5) is 31.3. The van der Waals surface area contributed by atoms with Crippen LogP contribution in [0.15, 0.2) is 66.0 Å². The molecule has 228 valence electrons. The Hall–Kier alpha value is -4.93. The van der Waals surface area contributed by atoms with Crippen LogP contribution in [0.5, 0.6) is 0 Å². The molecule has 15 heteroatoms. The molecule has 11 nitrogen and oxygen atoms in total. The molecule has 4 heterocycles. The van der Waals surface area contributed by atoms with E-state index in [1.165, 1.54) is 40.1 Å². The van der Waals surface area contributed by atoms with Crippen molar-refractivity contribution in [3.05, 3.63) is 92.8 Å². The first kappa shape index (κ1) is 30.1. The third kappa shape index (κ3) is 5.94. The summed E-state index contributed by atoms with van der Waals surface area (Å²) in [5.74, 6) is -0.808. The number of carbonyl (C=O) groups excluding carboxylic acids is 1. The highest BCUT2D eigenvalue weighted by atomic mass is 35.5. The van der Waals surface area contributed by atoms with E-state index in [0.717, 1.165) is 0 Å². The van der Waals surface area contributed by atoms with Gasteiger partial charge in [0.1, 0.15) is 0 Å². The number of nitrogens with one attached hydrogen (secondary N) is 1. The Morgan fingerprint density at radius 3 is 2.64 bits per heavy atom. The number of nitrogens with zero attached hydrogens (tertiary/aromatic N) is 8. The Kier molecular flexibility index (Phi) is 8.18. The van der Waals surface area contributed by atoms with Gasteiger partial charge in [-0.05, 0) is 54.8 Å². The van der Waals surface area contributed by atoms with E-state index < -0.39 is 24.1 Å². The minimum absolute atomic E-state index is 0.0502. The van der Waals surface area contributed by atoms with E-state index in [1.54, 1.807) is 37.3 Å². The molecule has 1 aliphatic rings. The number of anilines is 1. The molecular formula is C30H23Cl2F2N9O2. The van der Waals surface area contributed by atoms with E-state index >= 15 is 0 Å². The summed E-state index contributed by atoms with van der Waals surface area (Å²) in [6, 6.07) is 12.5. The molecule has 0 saturated heterocycles. The summed E-state index contributed by atoms with van der Waals surface area (Å²) in [6.07, 6.45) is 5.46. The van der Waals surface area contributed by atoms with Crippen molar-refractivity contribution in [1.82, 2.24) is 34.3 Å². The van der Waals surface area contributed by atoms with Crippen molar-refractivity contribution in [3.8, 4) is 34.3 Å². The second-order valence-electron chi connectivity index (χ2n) is 10.6. The molecule has 1 N–H and O–H groups in total. The van der Waals surface area contributed by atoms with Gasteiger partial charge in [-0.3, -0.25) is 14.2 Å². The molecule has 0 spiro atoms. The number of aromatic nitrogens is 7. The van der Waals surface area contributed by atoms with Crippen LogP contribution in [0.1, 0.15) is 49.9 Å². The van der Waals surface area contributed by atoms with E-state index in [9.17, 15) is 23.6 Å². The molecule has 2 bridgehead atoms. The maximum absolute atomic E-state index is 14.0. The fraction of sp³-hybridized carbons (Fsp3) is 0.233. The van der Waals surface area contributed by atoms with Crippen molar-refractivity contribution in [2.45, 2.75) is 38.8 Å². The maximum Gasteiger partial charge on any atom is 0.333 e. The number of hydrogen-bond acceptors (Lipinski definition) is 7. The van der Waals surface area contributed by atoms with Gasteiger partial charge in [-0.25, -0.2) is 14.3 Å². The molecule has 0 radical (unpaired) electrons. The molecule has 2 unspecified atom stereocenters. The van der Waals surface area contributed by atoms with Gasteiger partial charge in [0.05, 0.1) is 59.2 Å². The van der Waals surface area contributed by atoms with Crippen molar-refractivity contribution < 1.29 is 13.6 Å². The first-order valence-corrected chi connectivity index (χ1v) is 14.6. The highest BCUT2D eigenvalue weighted by Crippen LogP contribution is 2.36. The summed E-state index contributed by atoms with van der Waals surface area (Å²) in [5.41, 5.74) is 1.96. The molecule has 1 aliphatic heterocycles. The Morgan fingerprint density at radius 1 is 1.11 bits per heavy atom. The molecule has 6 rings (SSSR count). The SMILES string of the molecule is CC1CCCC(n2cnc(-c3cc(Cl)ccc3-n3cc(Cl)nn3)cc2=O)c2cc(C#N)cc(c2)-c2c(cnn2C(F)F)NC1=O. The Bertz CT molecular complexity index is 2030. The number of hydrogen-bond donors (Lipinski definition) is 1. The molecule has 45 heavy (non-hydrogen) atoms. The average Bonchev–Trinajstić information content (AvgIpc) is 3.65. The van der Waals surface area contributed by atoms with Gasteiger partial charge in [0.25, 0.3) is 5.56 Å². The van der Waals surface area contributed by atoms with E-state index in [1.807, 2.05) is 0 Å². The third-order valence-corrected chi connectivity index (χ3v) is 8.07. The first-order chi connectivity index (χ1) is 21.6. The third-order valence-electron chi connectivity index (χ3n) is 7.66. The monoisotopic (exact) mass is 649 g/mol. The van der Waals surface area contributed by atoms with Gasteiger partial charge in [-0.2, -0.15) is 19.1 Å². The molecule has 0 fully saturated rings. The van der Waals surface area contributed by atoms with E-state index in [-0.39, 0.29) is 33.6 Å². The molecule has 3 aromatic heterocycles. The molecule has 0 saturated carbocycles. The average molecular weight is 650 g/mol. The number of alkyl halides is 2. The minimum atomic E-state index is -3.01. The number of rotatable bonds is 4. The van der Waals surface area contributed by atoms with Gasteiger partial charge in [-0.15, -0.1) is 5.10 Å². The van der Waals surface area contributed by atoms with Gasteiger partial charge < -0.3 is 5.32 Å². The summed E-state index contributed by atoms with van der Waals surface area (Å²) >= 11 is 12.3. The number of halogens is 4. The van der Waals surface area contributed by atoms with Crippen LogP contribution in [0.3, 0.4) is 0 Å². The van der Waals surface area contributed by atoms with E-state index in [0.29, 0.717) is 51.5 Å². The van der Waals surface area contributed by atoms with Crippen LogP contribution >= 0.6 is 23.2 Å². The molecule has 0 aliphatic carbocycles. The Balaban J connectivity index is 1.49. The van der Waals surface area contributed by atoms with Gasteiger partial charge >= 0.3 is 6.55 Å². The second kappa shape index (κ2) is 12.2. The number of benzene rings is 2. The smallest absolute Gasteiger partial charge is 0.323 e. The van der Waals surface area contributed by atoms with Crippen LogP contribution in [0.2, 0.25) is 10.2 Å². The zero-order chi connectivity index (χ0) is 31.8. The van der Waals surface area contributed by atoms with Crippen LogP contribution in [0, 0.1) is 17.2 Å². The molecule has 1 amide bonds. The molecule has 5 aromatic rings. The number of fused-ring (bicyclic) bond motifs is 4. The van der Waals surface area contributed by atoms with Gasteiger partial charge in [0.2, 0.25) is 5.91 Å². The molecular weight excluding hydrogens is 627 g/mol. The van der Waals surface area contributed by atoms with Crippen LogP contribution < -0.4 is 10.9 Å². The van der Waals surface area contributed by atoms with Crippen LogP contribution in [0.25, 0.3) is 28.2 Å². The lowest BCUT2D eigenvalue weighted by Crippen LogP contribution is -2.27. The minimum Gasteiger partial charge on any atom is -0.323 e. The highest BCUT2D eigenvalue weighted by molar-refractivity contribution is 6.31. The van der Waals surface area contributed by atoms with Crippen LogP contribution in [-0.4, -0.2) is 40.2 Å². The van der Waals surface area contributed by atoms with Gasteiger partial charge in [0.15, 0.2) is 5.15 Å². The Labute approximate surface area is 264 Å². The van der Waals surface area contributed by atoms with Crippen molar-refractivity contribution in [2.24, 2.45) is 5.92 Å². The predicted octanol–water partition coefficient (Wildman–Crippen LogP) is 6.28. The predicted molar refractivity (Wildman–Crippen MR) is 162 cm³/mol. The van der Waals surface area contributed by atoms with E-state index in [4.69, 9.17) is 23.2 Å². The second-order valence-corrected chi connectivity index (χ2v) is 11.4. The standard InChI is InChI=1S/C30H23Cl2F2N9O2/c1-16-3-2-4-24(18-7-17(12-35)8-19(9-18)28-23(38-29(16)45)13-37-43(28)30(33)34)41-15-36-22(11-27(41)44)21-10-20(31)5-6-25(21)42-14-26(32)39-40-42/h5-11,13-16,24,30H,2-4H2,1H3,(H,38,45). The first-order valence-electron chi connectivity index (χ1n) is 13.8. The van der Waals surface area contributed by atoms with Crippen molar-refractivity contribution in [1.29, 1.82) is 5.26 Å². The number of carbonyl (C=O) groups is 1. The summed E-state index contributed by atoms with van der Waals surface area (Å²) < 4.78 is 31.5. The lowest BCUT2D eigenvalue weighted by molar-refractivity contribution is -0.119. The van der Waals surface area contributed by atoms with Crippen molar-refractivity contribution >= 4 is 34.8 Å². The maximum atomic E-state index is 14.0. The summed E-state index contributed by atoms with van der Waals surface area (Å²) in [7, 11) is 0. The van der Waals surface area contributed by atoms with Gasteiger partial charge in [0, 0.05) is 28.1 Å². The molecule has 2 aromatic carbocycles. The lowest BCUT2D eigenvalue weighted by Gasteiger charge is -2.23. The van der Waals surface area contributed by atoms with Crippen molar-refractivity contribution in [3.63, 3.8) is 0 Å². The van der Waals surface area contributed by atoms with Gasteiger partial charge in [-0.1, -0.05) is 41.8 Å². The topological polar surface area (TPSA) is 136 Å². The largest absolute Gasteiger partial charge is 0.333 e. The summed E-state index contributed by atoms with van der Waals surface area (Å²) in [6.45, 7) is -1.27. The highest BCUT2D eigenvalue weighted by Gasteiger charge is 2.26. The lowest BCUT2D eigenvalue weighted by atomic mass is 9.92. The summed E-state index contributed by atoms with van der Waals surface area (Å²) in [5, 5.41) is 24.8. The quantitative estimate of drug-likeness (QED) is 0.242. The van der Waals surface area contributed by atoms with E-state index in [2.05, 4.69) is 31.8 Å². The Morgan fingerprint density at radius 2 is 1.93 bits per heavy atom. The number of amides is 1. The zero-order valence-electron chi connectivity index (χ0n) is 23.5.